The van der Waals surface area contributed by atoms with Gasteiger partial charge in [0.25, 0.3) is 0 Å². The Morgan fingerprint density at radius 1 is 0.543 bits per heavy atom. The summed E-state index contributed by atoms with van der Waals surface area (Å²) >= 11 is 0. The number of allylic oxidation sites excluding steroid dienone is 1. The average Bonchev–Trinajstić information content (AvgIpc) is 0.742. The second kappa shape index (κ2) is 50.9. The fraction of sp³-hybridized carbons (Fsp3) is 0.930. The number of nitrogens with one attached hydrogen (secondary N) is 2. The summed E-state index contributed by atoms with van der Waals surface area (Å²) in [6, 6.07) is -4.75. The number of carbonyl (C=O) groups excluding carboxylic acids is 3. The van der Waals surface area contributed by atoms with Crippen molar-refractivity contribution in [3.8, 4) is 0 Å². The number of aliphatic carboxylic acids is 1. The summed E-state index contributed by atoms with van der Waals surface area (Å²) in [5.41, 5.74) is 6.14. The van der Waals surface area contributed by atoms with Gasteiger partial charge >= 0.3 is 29.6 Å². The van der Waals surface area contributed by atoms with Crippen LogP contribution in [0.3, 0.4) is 0 Å². The number of aliphatic hydroxyl groups excluding tert-OH is 16. The van der Waals surface area contributed by atoms with Crippen molar-refractivity contribution in [3.63, 3.8) is 0 Å². The van der Waals surface area contributed by atoms with Crippen LogP contribution in [0.15, 0.2) is 12.2 Å². The van der Waals surface area contributed by atoms with E-state index in [0.29, 0.717) is 12.8 Å². The van der Waals surface area contributed by atoms with Crippen molar-refractivity contribution in [2.24, 2.45) is 5.73 Å². The van der Waals surface area contributed by atoms with E-state index in [9.17, 15) is 101 Å². The van der Waals surface area contributed by atoms with Crippen LogP contribution in [0.5, 0.6) is 0 Å². The van der Waals surface area contributed by atoms with Gasteiger partial charge in [0.2, 0.25) is 17.6 Å². The first-order chi connectivity index (χ1) is 49.9. The molecule has 0 spiro atoms. The van der Waals surface area contributed by atoms with Crippen LogP contribution in [0.1, 0.15) is 207 Å². The molecule has 2 amide bonds. The van der Waals surface area contributed by atoms with Gasteiger partial charge in [0.1, 0.15) is 122 Å². The SMILES string of the molecule is CCCCCCCCCCCCC/C=C/C(O)C(CO[C@@H]1O[C@H](CO)[C@@H](O[C@@H]2O[C@H](CO)[C@H](O[C@@H]3O[C@H](CO)[C@H](O)[C@H](O[C@@H]4O[C@H](CO)[C@H](O)[C@H](O)[C@H]4O)[C@H]3NC(C)=O)[C@H](O[C@]3(C(=O)[O-])C[C@@H](O)[C@H](N)[C@@H](C(O)C(O)CO)O3)[C@H]2O)[C@H](O)[C@H]1O)NC(=O)CCCCCCCCCCCCCCCCC.[Na+]. The second-order valence-electron chi connectivity index (χ2n) is 28.6. The van der Waals surface area contributed by atoms with Crippen LogP contribution in [0.4, 0.5) is 0 Å². The maximum Gasteiger partial charge on any atom is 1.00 e. The van der Waals surface area contributed by atoms with Crippen molar-refractivity contribution < 1.29 is 178 Å². The Labute approximate surface area is 639 Å². The van der Waals surface area contributed by atoms with Gasteiger partial charge < -0.3 is 155 Å². The Hall–Kier alpha value is -1.93. The predicted octanol–water partition coefficient (Wildman–Crippen LogP) is -5.55. The zero-order chi connectivity index (χ0) is 76.5. The Morgan fingerprint density at radius 3 is 1.50 bits per heavy atom. The Balaban J connectivity index is 0.0000233. The summed E-state index contributed by atoms with van der Waals surface area (Å²) in [4.78, 5) is 40.1. The third-order valence-electron chi connectivity index (χ3n) is 20.3. The normalized spacial score (nSPS) is 35.0. The molecule has 0 radical (unpaired) electrons. The molecule has 5 saturated heterocycles. The Bertz CT molecular complexity index is 2390. The average molecular weight is 1530 g/mol. The summed E-state index contributed by atoms with van der Waals surface area (Å²) < 4.78 is 59.6. The minimum absolute atomic E-state index is 0. The molecule has 34 heteroatoms. The molecule has 4 unspecified atom stereocenters. The summed E-state index contributed by atoms with van der Waals surface area (Å²) in [6.07, 6.45) is -16.1. The maximum absolute atomic E-state index is 13.6. The molecule has 33 nitrogen and oxygen atoms in total. The quantitative estimate of drug-likeness (QED) is 0.0153. The molecule has 28 atom stereocenters. The van der Waals surface area contributed by atoms with E-state index in [-0.39, 0.29) is 41.9 Å². The van der Waals surface area contributed by atoms with Crippen molar-refractivity contribution in [2.75, 3.05) is 39.6 Å². The van der Waals surface area contributed by atoms with E-state index in [1.165, 1.54) is 109 Å². The molecular formula is C71H128N3NaO30. The van der Waals surface area contributed by atoms with E-state index >= 15 is 0 Å². The van der Waals surface area contributed by atoms with Crippen LogP contribution in [0, 0.1) is 0 Å². The van der Waals surface area contributed by atoms with Gasteiger partial charge in [-0.3, -0.25) is 9.59 Å². The molecule has 0 bridgehead atoms. The van der Waals surface area contributed by atoms with Gasteiger partial charge in [-0.2, -0.15) is 0 Å². The maximum atomic E-state index is 13.6. The minimum atomic E-state index is -3.41. The molecule has 5 aliphatic rings. The van der Waals surface area contributed by atoms with Gasteiger partial charge in [-0.1, -0.05) is 180 Å². The van der Waals surface area contributed by atoms with Crippen LogP contribution in [-0.2, 0) is 61.8 Å². The summed E-state index contributed by atoms with van der Waals surface area (Å²) in [5.74, 6) is -7.06. The zero-order valence-corrected chi connectivity index (χ0v) is 63.9. The monoisotopic (exact) mass is 1530 g/mol. The topological polar surface area (TPSA) is 540 Å². The number of ether oxygens (including phenoxy) is 10. The largest absolute Gasteiger partial charge is 1.00 e. The van der Waals surface area contributed by atoms with Gasteiger partial charge in [-0.25, -0.2) is 0 Å². The van der Waals surface area contributed by atoms with Gasteiger partial charge in [0.05, 0.1) is 63.9 Å². The number of carboxylic acid groups (broad SMARTS) is 1. The van der Waals surface area contributed by atoms with Crippen LogP contribution >= 0.6 is 0 Å². The van der Waals surface area contributed by atoms with E-state index < -0.39 is 229 Å². The molecule has 0 saturated carbocycles. The summed E-state index contributed by atoms with van der Waals surface area (Å²) in [6.45, 7) is -0.572. The van der Waals surface area contributed by atoms with E-state index in [4.69, 9.17) is 53.1 Å². The minimum Gasteiger partial charge on any atom is -0.544 e. The van der Waals surface area contributed by atoms with Gasteiger partial charge in [-0.05, 0) is 19.3 Å². The molecule has 105 heavy (non-hydrogen) atoms. The number of hydrogen-bond donors (Lipinski definition) is 19. The number of rotatable bonds is 51. The molecule has 608 valence electrons. The van der Waals surface area contributed by atoms with E-state index in [2.05, 4.69) is 24.5 Å². The number of nitrogens with two attached hydrogens (primary N) is 1. The third-order valence-corrected chi connectivity index (χ3v) is 20.3. The van der Waals surface area contributed by atoms with Crippen molar-refractivity contribution >= 4 is 17.8 Å². The van der Waals surface area contributed by atoms with Crippen molar-refractivity contribution in [3.05, 3.63) is 12.2 Å². The molecule has 0 aliphatic carbocycles. The summed E-state index contributed by atoms with van der Waals surface area (Å²) in [7, 11) is 0. The molecule has 5 heterocycles. The number of carboxylic acids is 1. The molecule has 5 fully saturated rings. The van der Waals surface area contributed by atoms with Crippen molar-refractivity contribution in [1.82, 2.24) is 10.6 Å². The first-order valence-corrected chi connectivity index (χ1v) is 38.2. The standard InChI is InChI=1S/C71H129N3O30.Na/c1-4-6-8-10-12-14-16-18-19-21-23-25-27-29-31-33-50(84)74-42(43(81)32-30-28-26-24-22-20-17-15-13-11-9-7-5-2)40-95-67-59(91)57(89)61(48(38-78)98-67)100-69-60(92)65(104-71(70(93)94)34-44(82)51(72)63(103-71)53(85)45(83)35-75)62(49(39-79)99-69)101-66-52(73-41(3)80)64(55(87)47(37-77)96-66)102-68-58(90)56(88)54(86)46(36-76)97-68;/h30,32,42-49,51-69,75-79,81-83,85-92H,4-29,31,33-40,72H2,1-3H3,(H,73,80)(H,74,84)(H,93,94);/q;+1/p-1/b32-30+;/t42?,43?,44-,45?,46-,47-,48-,49-,51+,52-,53?,54+,55+,56+,57-,58-,59-,60-,61-,62+,63+,64-,65-,66+,67-,68+,69+,71+;/m1./s1. The smallest absolute Gasteiger partial charge is 0.544 e. The first kappa shape index (κ1) is 95.4. The zero-order valence-electron chi connectivity index (χ0n) is 61.9. The van der Waals surface area contributed by atoms with Crippen molar-refractivity contribution in [2.45, 2.75) is 378 Å². The van der Waals surface area contributed by atoms with E-state index in [1.807, 2.05) is 6.08 Å². The molecule has 0 aromatic heterocycles. The fourth-order valence-electron chi connectivity index (χ4n) is 13.9. The first-order valence-electron chi connectivity index (χ1n) is 38.2. The molecule has 5 rings (SSSR count). The predicted molar refractivity (Wildman–Crippen MR) is 366 cm³/mol. The number of unbranched alkanes of at least 4 members (excludes halogenated alkanes) is 25. The molecule has 5 aliphatic heterocycles. The Kier molecular flexibility index (Phi) is 46.3. The van der Waals surface area contributed by atoms with Gasteiger partial charge in [0, 0.05) is 19.8 Å². The van der Waals surface area contributed by atoms with Crippen LogP contribution in [-0.4, -0.2) is 310 Å². The van der Waals surface area contributed by atoms with E-state index in [1.54, 1.807) is 6.08 Å². The van der Waals surface area contributed by atoms with Crippen LogP contribution < -0.4 is 51.0 Å². The number of aliphatic hydroxyl groups is 16. The number of hydrogen-bond acceptors (Lipinski definition) is 31. The van der Waals surface area contributed by atoms with Crippen LogP contribution in [0.2, 0.25) is 0 Å². The van der Waals surface area contributed by atoms with E-state index in [0.717, 1.165) is 58.3 Å². The molecule has 0 aromatic rings. The van der Waals surface area contributed by atoms with Crippen LogP contribution in [0.25, 0.3) is 0 Å². The molecule has 0 aromatic carbocycles. The fourth-order valence-corrected chi connectivity index (χ4v) is 13.9. The number of carbonyl (C=O) groups is 3. The molecule has 20 N–H and O–H groups in total. The van der Waals surface area contributed by atoms with Gasteiger partial charge in [0.15, 0.2) is 25.2 Å². The second-order valence-corrected chi connectivity index (χ2v) is 28.6. The Morgan fingerprint density at radius 2 is 0.990 bits per heavy atom. The third kappa shape index (κ3) is 29.5. The van der Waals surface area contributed by atoms with Gasteiger partial charge in [-0.15, -0.1) is 0 Å². The molecular weight excluding hydrogens is 1400 g/mol. The summed E-state index contributed by atoms with van der Waals surface area (Å²) in [5, 5.41) is 195. The number of amides is 2. The van der Waals surface area contributed by atoms with Crippen molar-refractivity contribution in [1.29, 1.82) is 0 Å².